The van der Waals surface area contributed by atoms with Crippen LogP contribution in [0.4, 0.5) is 0 Å². The monoisotopic (exact) mass is 263 g/mol. The summed E-state index contributed by atoms with van der Waals surface area (Å²) >= 11 is 0. The molecule has 0 spiro atoms. The van der Waals surface area contributed by atoms with Gasteiger partial charge in [-0.15, -0.1) is 0 Å². The maximum absolute atomic E-state index is 10.9. The summed E-state index contributed by atoms with van der Waals surface area (Å²) < 4.78 is 0. The van der Waals surface area contributed by atoms with E-state index in [0.717, 1.165) is 24.2 Å². The molecule has 0 aliphatic carbocycles. The average Bonchev–Trinajstić information content (AvgIpc) is 2.29. The summed E-state index contributed by atoms with van der Waals surface area (Å²) in [5.74, 6) is -0.165. The predicted octanol–water partition coefficient (Wildman–Crippen LogP) is 3.18. The third-order valence-electron chi connectivity index (χ3n) is 3.16. The first-order chi connectivity index (χ1) is 8.90. The first-order valence-corrected chi connectivity index (χ1v) is 6.92. The number of rotatable bonds is 7. The molecule has 0 amide bonds. The largest absolute Gasteiger partial charge is 0.481 e. The van der Waals surface area contributed by atoms with Gasteiger partial charge in [0.1, 0.15) is 0 Å². The zero-order valence-electron chi connectivity index (χ0n) is 12.4. The molecule has 19 heavy (non-hydrogen) atoms. The highest BCUT2D eigenvalue weighted by atomic mass is 16.4. The van der Waals surface area contributed by atoms with Gasteiger partial charge in [-0.1, -0.05) is 38.1 Å². The van der Waals surface area contributed by atoms with E-state index in [0.29, 0.717) is 12.0 Å². The van der Waals surface area contributed by atoms with Crippen LogP contribution in [-0.4, -0.2) is 28.6 Å². The van der Waals surface area contributed by atoms with Gasteiger partial charge in [-0.3, -0.25) is 9.69 Å². The van der Waals surface area contributed by atoms with Crippen molar-refractivity contribution < 1.29 is 9.90 Å². The number of carboxylic acid groups (broad SMARTS) is 1. The highest BCUT2D eigenvalue weighted by Gasteiger charge is 2.14. The quantitative estimate of drug-likeness (QED) is 0.821. The molecule has 1 rings (SSSR count). The topological polar surface area (TPSA) is 40.5 Å². The van der Waals surface area contributed by atoms with Gasteiger partial charge in [-0.2, -0.15) is 0 Å². The van der Waals surface area contributed by atoms with Gasteiger partial charge in [0, 0.05) is 19.1 Å². The van der Waals surface area contributed by atoms with Crippen LogP contribution in [0.2, 0.25) is 0 Å². The van der Waals surface area contributed by atoms with Gasteiger partial charge in [-0.25, -0.2) is 0 Å². The van der Waals surface area contributed by atoms with Crippen LogP contribution >= 0.6 is 0 Å². The Morgan fingerprint density at radius 3 is 2.21 bits per heavy atom. The van der Waals surface area contributed by atoms with E-state index in [1.165, 1.54) is 0 Å². The Bertz CT molecular complexity index is 413. The van der Waals surface area contributed by atoms with Crippen LogP contribution in [0.3, 0.4) is 0 Å². The molecule has 0 heterocycles. The summed E-state index contributed by atoms with van der Waals surface area (Å²) in [4.78, 5) is 13.3. The van der Waals surface area contributed by atoms with Crippen molar-refractivity contribution in [2.45, 2.75) is 46.7 Å². The third kappa shape index (κ3) is 5.43. The molecular weight excluding hydrogens is 238 g/mol. The number of hydrogen-bond donors (Lipinski definition) is 1. The molecule has 3 nitrogen and oxygen atoms in total. The van der Waals surface area contributed by atoms with E-state index in [2.05, 4.69) is 32.6 Å². The molecule has 0 saturated carbocycles. The Morgan fingerprint density at radius 1 is 1.16 bits per heavy atom. The van der Waals surface area contributed by atoms with Gasteiger partial charge < -0.3 is 5.11 Å². The maximum Gasteiger partial charge on any atom is 0.307 e. The molecule has 3 heteroatoms. The van der Waals surface area contributed by atoms with Crippen LogP contribution in [-0.2, 0) is 17.8 Å². The van der Waals surface area contributed by atoms with Gasteiger partial charge in [0.25, 0.3) is 0 Å². The molecule has 1 N–H and O–H groups in total. The van der Waals surface area contributed by atoms with Crippen molar-refractivity contribution in [2.24, 2.45) is 5.92 Å². The van der Waals surface area contributed by atoms with E-state index in [1.807, 2.05) is 24.3 Å². The fourth-order valence-corrected chi connectivity index (χ4v) is 2.19. The van der Waals surface area contributed by atoms with E-state index in [-0.39, 0.29) is 6.42 Å². The molecule has 0 aromatic heterocycles. The maximum atomic E-state index is 10.9. The van der Waals surface area contributed by atoms with Crippen LogP contribution in [0.25, 0.3) is 0 Å². The highest BCUT2D eigenvalue weighted by molar-refractivity contribution is 5.70. The number of benzene rings is 1. The summed E-state index contributed by atoms with van der Waals surface area (Å²) in [5.41, 5.74) is 2.05. The van der Waals surface area contributed by atoms with Crippen molar-refractivity contribution in [1.82, 2.24) is 4.90 Å². The van der Waals surface area contributed by atoms with E-state index in [4.69, 9.17) is 5.11 Å². The van der Waals surface area contributed by atoms with Crippen molar-refractivity contribution >= 4 is 5.97 Å². The molecule has 106 valence electrons. The van der Waals surface area contributed by atoms with Crippen molar-refractivity contribution in [1.29, 1.82) is 0 Å². The van der Waals surface area contributed by atoms with Crippen LogP contribution < -0.4 is 0 Å². The standard InChI is InChI=1S/C16H25NO2/c1-12(2)10-17(13(3)4)11-15-8-6-5-7-14(15)9-16(18)19/h5-8,12-13H,9-11H2,1-4H3,(H,18,19). The molecule has 0 saturated heterocycles. The predicted molar refractivity (Wildman–Crippen MR) is 78.2 cm³/mol. The fourth-order valence-electron chi connectivity index (χ4n) is 2.19. The highest BCUT2D eigenvalue weighted by Crippen LogP contribution is 2.15. The summed E-state index contributed by atoms with van der Waals surface area (Å²) in [7, 11) is 0. The lowest BCUT2D eigenvalue weighted by atomic mass is 10.0. The second kappa shape index (κ2) is 7.29. The second-order valence-electron chi connectivity index (χ2n) is 5.76. The van der Waals surface area contributed by atoms with Crippen molar-refractivity contribution in [3.63, 3.8) is 0 Å². The Kier molecular flexibility index (Phi) is 6.03. The van der Waals surface area contributed by atoms with Crippen LogP contribution in [0.1, 0.15) is 38.8 Å². The SMILES string of the molecule is CC(C)CN(Cc1ccccc1CC(=O)O)C(C)C. The number of carboxylic acids is 1. The minimum absolute atomic E-state index is 0.101. The smallest absolute Gasteiger partial charge is 0.307 e. The minimum atomic E-state index is -0.771. The lowest BCUT2D eigenvalue weighted by Crippen LogP contribution is -2.34. The Hall–Kier alpha value is -1.35. The molecule has 0 aliphatic heterocycles. The Balaban J connectivity index is 2.86. The average molecular weight is 263 g/mol. The lowest BCUT2D eigenvalue weighted by Gasteiger charge is -2.29. The van der Waals surface area contributed by atoms with Gasteiger partial charge in [0.2, 0.25) is 0 Å². The van der Waals surface area contributed by atoms with E-state index < -0.39 is 5.97 Å². The molecule has 0 unspecified atom stereocenters. The Labute approximate surface area is 116 Å². The lowest BCUT2D eigenvalue weighted by molar-refractivity contribution is -0.136. The zero-order chi connectivity index (χ0) is 14.4. The molecule has 0 radical (unpaired) electrons. The molecular formula is C16H25NO2. The van der Waals surface area contributed by atoms with Gasteiger partial charge in [0.05, 0.1) is 6.42 Å². The van der Waals surface area contributed by atoms with Crippen LogP contribution in [0, 0.1) is 5.92 Å². The van der Waals surface area contributed by atoms with E-state index in [1.54, 1.807) is 0 Å². The second-order valence-corrected chi connectivity index (χ2v) is 5.76. The molecule has 0 aliphatic rings. The van der Waals surface area contributed by atoms with Gasteiger partial charge >= 0.3 is 5.97 Å². The Morgan fingerprint density at radius 2 is 1.74 bits per heavy atom. The van der Waals surface area contributed by atoms with E-state index in [9.17, 15) is 4.79 Å². The minimum Gasteiger partial charge on any atom is -0.481 e. The molecule has 1 aromatic carbocycles. The number of carbonyl (C=O) groups is 1. The van der Waals surface area contributed by atoms with Crippen LogP contribution in [0.5, 0.6) is 0 Å². The number of hydrogen-bond acceptors (Lipinski definition) is 2. The molecule has 1 aromatic rings. The van der Waals surface area contributed by atoms with Crippen LogP contribution in [0.15, 0.2) is 24.3 Å². The summed E-state index contributed by atoms with van der Waals surface area (Å²) in [5, 5.41) is 8.97. The molecule has 0 atom stereocenters. The fraction of sp³-hybridized carbons (Fsp3) is 0.562. The first kappa shape index (κ1) is 15.7. The summed E-state index contributed by atoms with van der Waals surface area (Å²) in [6.07, 6.45) is 0.101. The summed E-state index contributed by atoms with van der Waals surface area (Å²) in [6, 6.07) is 8.30. The first-order valence-electron chi connectivity index (χ1n) is 6.92. The van der Waals surface area contributed by atoms with Crippen molar-refractivity contribution in [3.05, 3.63) is 35.4 Å². The molecule has 0 fully saturated rings. The molecule has 0 bridgehead atoms. The number of nitrogens with zero attached hydrogens (tertiary/aromatic N) is 1. The van der Waals surface area contributed by atoms with Gasteiger partial charge in [0.15, 0.2) is 0 Å². The zero-order valence-corrected chi connectivity index (χ0v) is 12.4. The van der Waals surface area contributed by atoms with Gasteiger partial charge in [-0.05, 0) is 30.9 Å². The number of aliphatic carboxylic acids is 1. The van der Waals surface area contributed by atoms with Crippen molar-refractivity contribution in [3.8, 4) is 0 Å². The normalized spacial score (nSPS) is 11.5. The third-order valence-corrected chi connectivity index (χ3v) is 3.16. The van der Waals surface area contributed by atoms with Crippen molar-refractivity contribution in [2.75, 3.05) is 6.54 Å². The summed E-state index contributed by atoms with van der Waals surface area (Å²) in [6.45, 7) is 10.6. The van der Waals surface area contributed by atoms with E-state index >= 15 is 0 Å².